The molecule has 1 fully saturated rings. The topological polar surface area (TPSA) is 32.3 Å². The first kappa shape index (κ1) is 15.7. The number of benzene rings is 1. The second kappa shape index (κ2) is 6.37. The summed E-state index contributed by atoms with van der Waals surface area (Å²) in [7, 11) is 0. The van der Waals surface area contributed by atoms with E-state index in [9.17, 15) is 18.0 Å². The maximum atomic E-state index is 12.7. The van der Waals surface area contributed by atoms with Crippen LogP contribution >= 0.6 is 0 Å². The Hall–Kier alpha value is -1.72. The highest BCUT2D eigenvalue weighted by Gasteiger charge is 2.32. The molecule has 0 spiro atoms. The molecule has 1 unspecified atom stereocenters. The average molecular weight is 300 g/mol. The summed E-state index contributed by atoms with van der Waals surface area (Å²) in [4.78, 5) is 13.5. The highest BCUT2D eigenvalue weighted by molar-refractivity contribution is 5.74. The van der Waals surface area contributed by atoms with E-state index in [-0.39, 0.29) is 11.9 Å². The molecule has 0 radical (unpaired) electrons. The minimum Gasteiger partial charge on any atom is -0.338 e. The Balaban J connectivity index is 2.03. The Kier molecular flexibility index (Phi) is 4.75. The Morgan fingerprint density at radius 1 is 1.43 bits per heavy atom. The molecule has 2 amide bonds. The van der Waals surface area contributed by atoms with Crippen LogP contribution in [-0.2, 0) is 6.18 Å². The van der Waals surface area contributed by atoms with Gasteiger partial charge in [0.1, 0.15) is 0 Å². The van der Waals surface area contributed by atoms with Gasteiger partial charge in [-0.15, -0.1) is 0 Å². The van der Waals surface area contributed by atoms with Crippen molar-refractivity contribution in [3.63, 3.8) is 0 Å². The second-order valence-corrected chi connectivity index (χ2v) is 5.29. The molecule has 0 aliphatic carbocycles. The summed E-state index contributed by atoms with van der Waals surface area (Å²) >= 11 is 0. The quantitative estimate of drug-likeness (QED) is 0.908. The van der Waals surface area contributed by atoms with Crippen LogP contribution in [0.4, 0.5) is 18.0 Å². The van der Waals surface area contributed by atoms with Gasteiger partial charge in [0.05, 0.1) is 5.56 Å². The molecule has 3 nitrogen and oxygen atoms in total. The molecule has 1 aliphatic heterocycles. The van der Waals surface area contributed by atoms with Crippen LogP contribution in [0.15, 0.2) is 24.3 Å². The first-order valence-electron chi connectivity index (χ1n) is 7.11. The Labute approximate surface area is 122 Å². The summed E-state index contributed by atoms with van der Waals surface area (Å²) in [5, 5.41) is 2.79. The van der Waals surface area contributed by atoms with Gasteiger partial charge in [-0.05, 0) is 24.5 Å². The number of carbonyl (C=O) groups excluding carboxylic acids is 1. The van der Waals surface area contributed by atoms with Gasteiger partial charge in [0, 0.05) is 25.6 Å². The number of urea groups is 1. The van der Waals surface area contributed by atoms with Crippen molar-refractivity contribution >= 4 is 6.03 Å². The smallest absolute Gasteiger partial charge is 0.338 e. The van der Waals surface area contributed by atoms with Crippen LogP contribution in [0.1, 0.15) is 36.8 Å². The summed E-state index contributed by atoms with van der Waals surface area (Å²) in [5.74, 6) is -0.0281. The van der Waals surface area contributed by atoms with Gasteiger partial charge >= 0.3 is 12.2 Å². The number of rotatable bonds is 3. The van der Waals surface area contributed by atoms with Gasteiger partial charge < -0.3 is 10.2 Å². The fraction of sp³-hybridized carbons (Fsp3) is 0.533. The zero-order valence-corrected chi connectivity index (χ0v) is 11.9. The third-order valence-corrected chi connectivity index (χ3v) is 3.69. The summed E-state index contributed by atoms with van der Waals surface area (Å²) in [5.41, 5.74) is 0.0181. The van der Waals surface area contributed by atoms with E-state index in [0.717, 1.165) is 12.5 Å². The molecule has 0 saturated carbocycles. The van der Waals surface area contributed by atoms with Gasteiger partial charge in [0.2, 0.25) is 0 Å². The predicted molar refractivity (Wildman–Crippen MR) is 74.1 cm³/mol. The van der Waals surface area contributed by atoms with Crippen LogP contribution in [0.25, 0.3) is 0 Å². The van der Waals surface area contributed by atoms with Crippen LogP contribution in [0.3, 0.4) is 0 Å². The van der Waals surface area contributed by atoms with Crippen molar-refractivity contribution < 1.29 is 18.0 Å². The molecule has 1 aromatic rings. The van der Waals surface area contributed by atoms with Crippen molar-refractivity contribution in [3.8, 4) is 0 Å². The Bertz CT molecular complexity index is 502. The van der Waals surface area contributed by atoms with Crippen molar-refractivity contribution in [2.75, 3.05) is 19.6 Å². The summed E-state index contributed by atoms with van der Waals surface area (Å²) in [6, 6.07) is 5.26. The highest BCUT2D eigenvalue weighted by atomic mass is 19.4. The van der Waals surface area contributed by atoms with Crippen molar-refractivity contribution in [2.24, 2.45) is 0 Å². The summed E-state index contributed by atoms with van der Waals surface area (Å²) < 4.78 is 38.2. The molecule has 1 N–H and O–H groups in total. The predicted octanol–water partition coefficient (Wildman–Crippen LogP) is 3.61. The summed E-state index contributed by atoms with van der Waals surface area (Å²) in [6.07, 6.45) is -2.77. The van der Waals surface area contributed by atoms with Crippen molar-refractivity contribution in [1.82, 2.24) is 10.2 Å². The molecule has 1 atom stereocenters. The van der Waals surface area contributed by atoms with Gasteiger partial charge in [-0.2, -0.15) is 13.2 Å². The lowest BCUT2D eigenvalue weighted by Gasteiger charge is -2.17. The number of nitrogens with zero attached hydrogens (tertiary/aromatic N) is 1. The third kappa shape index (κ3) is 3.89. The van der Waals surface area contributed by atoms with E-state index in [1.54, 1.807) is 11.0 Å². The van der Waals surface area contributed by atoms with Crippen LogP contribution in [0, 0.1) is 0 Å². The van der Waals surface area contributed by atoms with Crippen molar-refractivity contribution in [3.05, 3.63) is 35.4 Å². The molecule has 1 saturated heterocycles. The van der Waals surface area contributed by atoms with Gasteiger partial charge in [0.25, 0.3) is 0 Å². The maximum Gasteiger partial charge on any atom is 0.416 e. The molecule has 2 rings (SSSR count). The Morgan fingerprint density at radius 2 is 2.19 bits per heavy atom. The molecule has 1 aliphatic rings. The fourth-order valence-electron chi connectivity index (χ4n) is 2.53. The molecule has 1 aromatic carbocycles. The second-order valence-electron chi connectivity index (χ2n) is 5.29. The van der Waals surface area contributed by atoms with Gasteiger partial charge in [-0.3, -0.25) is 0 Å². The molecular formula is C15H19F3N2O. The van der Waals surface area contributed by atoms with Crippen LogP contribution in [0.2, 0.25) is 0 Å². The number of likely N-dealkylation sites (tertiary alicyclic amines) is 1. The minimum absolute atomic E-state index is 0.0281. The monoisotopic (exact) mass is 300 g/mol. The highest BCUT2D eigenvalue weighted by Crippen LogP contribution is 2.33. The van der Waals surface area contributed by atoms with Crippen LogP contribution < -0.4 is 5.32 Å². The van der Waals surface area contributed by atoms with E-state index in [4.69, 9.17) is 0 Å². The standard InChI is InChI=1S/C15H19F3N2O/c1-2-7-19-14(21)20-8-6-12(10-20)11-4-3-5-13(9-11)15(16,17)18/h3-5,9,12H,2,6-8,10H2,1H3,(H,19,21). The first-order valence-corrected chi connectivity index (χ1v) is 7.11. The number of carbonyl (C=O) groups is 1. The fourth-order valence-corrected chi connectivity index (χ4v) is 2.53. The minimum atomic E-state index is -4.33. The average Bonchev–Trinajstić information content (AvgIpc) is 2.94. The molecule has 116 valence electrons. The lowest BCUT2D eigenvalue weighted by atomic mass is 9.96. The van der Waals surface area contributed by atoms with E-state index in [1.807, 2.05) is 6.92 Å². The summed E-state index contributed by atoms with van der Waals surface area (Å²) in [6.45, 7) is 3.63. The van der Waals surface area contributed by atoms with E-state index >= 15 is 0 Å². The van der Waals surface area contributed by atoms with E-state index < -0.39 is 11.7 Å². The van der Waals surface area contributed by atoms with E-state index in [0.29, 0.717) is 31.6 Å². The third-order valence-electron chi connectivity index (χ3n) is 3.69. The largest absolute Gasteiger partial charge is 0.416 e. The lowest BCUT2D eigenvalue weighted by molar-refractivity contribution is -0.137. The molecule has 0 aromatic heterocycles. The van der Waals surface area contributed by atoms with E-state index in [1.165, 1.54) is 12.1 Å². The normalized spacial score (nSPS) is 18.9. The number of halogens is 3. The van der Waals surface area contributed by atoms with Gasteiger partial charge in [0.15, 0.2) is 0 Å². The zero-order valence-electron chi connectivity index (χ0n) is 11.9. The molecular weight excluding hydrogens is 281 g/mol. The molecule has 1 heterocycles. The number of hydrogen-bond donors (Lipinski definition) is 1. The maximum absolute atomic E-state index is 12.7. The number of alkyl halides is 3. The van der Waals surface area contributed by atoms with Crippen LogP contribution in [0.5, 0.6) is 0 Å². The van der Waals surface area contributed by atoms with E-state index in [2.05, 4.69) is 5.32 Å². The lowest BCUT2D eigenvalue weighted by Crippen LogP contribution is -2.38. The number of hydrogen-bond acceptors (Lipinski definition) is 1. The SMILES string of the molecule is CCCNC(=O)N1CCC(c2cccc(C(F)(F)F)c2)C1. The first-order chi connectivity index (χ1) is 9.91. The van der Waals surface area contributed by atoms with Crippen molar-refractivity contribution in [2.45, 2.75) is 31.9 Å². The van der Waals surface area contributed by atoms with Crippen molar-refractivity contribution in [1.29, 1.82) is 0 Å². The zero-order chi connectivity index (χ0) is 15.5. The Morgan fingerprint density at radius 3 is 2.86 bits per heavy atom. The molecule has 0 bridgehead atoms. The van der Waals surface area contributed by atoms with Gasteiger partial charge in [-0.1, -0.05) is 25.1 Å². The molecule has 21 heavy (non-hydrogen) atoms. The molecule has 6 heteroatoms. The van der Waals surface area contributed by atoms with Gasteiger partial charge in [-0.25, -0.2) is 4.79 Å². The number of nitrogens with one attached hydrogen (secondary N) is 1. The van der Waals surface area contributed by atoms with Crippen LogP contribution in [-0.4, -0.2) is 30.6 Å². The number of amides is 2.